The average Bonchev–Trinajstić information content (AvgIpc) is 2.75. The summed E-state index contributed by atoms with van der Waals surface area (Å²) in [5.41, 5.74) is 6.51. The van der Waals surface area contributed by atoms with Crippen LogP contribution in [0.25, 0.3) is 11.1 Å². The van der Waals surface area contributed by atoms with E-state index >= 15 is 0 Å². The maximum absolute atomic E-state index is 12.5. The van der Waals surface area contributed by atoms with Crippen LogP contribution in [0.15, 0.2) is 54.9 Å². The molecule has 0 spiro atoms. The Hall–Kier alpha value is -3.25. The maximum atomic E-state index is 12.5. The van der Waals surface area contributed by atoms with Crippen molar-refractivity contribution < 1.29 is 4.79 Å². The zero-order chi connectivity index (χ0) is 20.9. The van der Waals surface area contributed by atoms with Gasteiger partial charge in [-0.05, 0) is 60.4 Å². The second-order valence-corrected chi connectivity index (χ2v) is 7.70. The van der Waals surface area contributed by atoms with E-state index in [1.165, 1.54) is 0 Å². The summed E-state index contributed by atoms with van der Waals surface area (Å²) in [5.74, 6) is 0.517. The molecule has 1 aromatic carbocycles. The summed E-state index contributed by atoms with van der Waals surface area (Å²) in [4.78, 5) is 23.5. The van der Waals surface area contributed by atoms with Crippen LogP contribution < -0.4 is 15.5 Å². The third-order valence-electron chi connectivity index (χ3n) is 5.36. The number of nitrogens with one attached hydrogen (secondary N) is 2. The highest BCUT2D eigenvalue weighted by Gasteiger charge is 2.12. The van der Waals surface area contributed by atoms with Gasteiger partial charge in [0.15, 0.2) is 0 Å². The third-order valence-corrected chi connectivity index (χ3v) is 5.36. The van der Waals surface area contributed by atoms with Crippen LogP contribution in [0.3, 0.4) is 0 Å². The van der Waals surface area contributed by atoms with Gasteiger partial charge in [-0.25, -0.2) is 4.98 Å². The van der Waals surface area contributed by atoms with E-state index < -0.39 is 0 Å². The minimum atomic E-state index is -0.0654. The number of benzene rings is 1. The lowest BCUT2D eigenvalue weighted by Crippen LogP contribution is -2.43. The molecule has 6 nitrogen and oxygen atoms in total. The molecule has 30 heavy (non-hydrogen) atoms. The fourth-order valence-corrected chi connectivity index (χ4v) is 3.82. The molecule has 4 rings (SSSR count). The molecule has 0 unspecified atom stereocenters. The first-order valence-electron chi connectivity index (χ1n) is 10.3. The van der Waals surface area contributed by atoms with Crippen molar-refractivity contribution in [3.8, 4) is 11.1 Å². The van der Waals surface area contributed by atoms with Crippen molar-refractivity contribution in [2.75, 3.05) is 36.4 Å². The highest BCUT2D eigenvalue weighted by molar-refractivity contribution is 5.91. The molecule has 2 N–H and O–H groups in total. The molecule has 0 atom stereocenters. The summed E-state index contributed by atoms with van der Waals surface area (Å²) in [6.07, 6.45) is 3.97. The third kappa shape index (κ3) is 4.83. The van der Waals surface area contributed by atoms with Crippen LogP contribution in [-0.2, 0) is 11.2 Å². The zero-order valence-electron chi connectivity index (χ0n) is 17.5. The Morgan fingerprint density at radius 2 is 1.90 bits per heavy atom. The number of aromatic nitrogens is 2. The van der Waals surface area contributed by atoms with Gasteiger partial charge in [0.1, 0.15) is 5.82 Å². The predicted octanol–water partition coefficient (Wildman–Crippen LogP) is 3.35. The number of piperazine rings is 1. The molecule has 3 aromatic rings. The van der Waals surface area contributed by atoms with E-state index in [1.807, 2.05) is 43.6 Å². The van der Waals surface area contributed by atoms with Crippen molar-refractivity contribution in [2.45, 2.75) is 20.3 Å². The lowest BCUT2D eigenvalue weighted by molar-refractivity contribution is -0.115. The van der Waals surface area contributed by atoms with E-state index in [4.69, 9.17) is 0 Å². The molecule has 1 aliphatic rings. The van der Waals surface area contributed by atoms with E-state index in [0.29, 0.717) is 12.2 Å². The quantitative estimate of drug-likeness (QED) is 0.686. The van der Waals surface area contributed by atoms with Crippen LogP contribution in [0.2, 0.25) is 0 Å². The topological polar surface area (TPSA) is 70.2 Å². The summed E-state index contributed by atoms with van der Waals surface area (Å²) in [6.45, 7) is 7.98. The summed E-state index contributed by atoms with van der Waals surface area (Å²) >= 11 is 0. The van der Waals surface area contributed by atoms with Gasteiger partial charge >= 0.3 is 0 Å². The summed E-state index contributed by atoms with van der Waals surface area (Å²) in [7, 11) is 0. The van der Waals surface area contributed by atoms with E-state index in [0.717, 1.165) is 59.8 Å². The van der Waals surface area contributed by atoms with Gasteiger partial charge in [0, 0.05) is 38.1 Å². The van der Waals surface area contributed by atoms with E-state index in [1.54, 1.807) is 0 Å². The van der Waals surface area contributed by atoms with Crippen molar-refractivity contribution in [1.29, 1.82) is 0 Å². The van der Waals surface area contributed by atoms with Crippen LogP contribution in [0.5, 0.6) is 0 Å². The molecule has 0 aliphatic carbocycles. The molecule has 1 aliphatic heterocycles. The Morgan fingerprint density at radius 3 is 2.60 bits per heavy atom. The summed E-state index contributed by atoms with van der Waals surface area (Å²) < 4.78 is 0. The number of hydrogen-bond acceptors (Lipinski definition) is 5. The Morgan fingerprint density at radius 1 is 1.07 bits per heavy atom. The molecule has 0 saturated carbocycles. The van der Waals surface area contributed by atoms with Gasteiger partial charge < -0.3 is 15.5 Å². The van der Waals surface area contributed by atoms with Crippen LogP contribution in [0.1, 0.15) is 16.8 Å². The lowest BCUT2D eigenvalue weighted by atomic mass is 9.97. The normalized spacial score (nSPS) is 13.9. The Kier molecular flexibility index (Phi) is 6.05. The monoisotopic (exact) mass is 401 g/mol. The molecular formula is C24H27N5O. The van der Waals surface area contributed by atoms with Crippen LogP contribution in [0, 0.1) is 13.8 Å². The standard InChI is InChI=1S/C24H27N5O/c1-17-13-19(3-5-22(17)20-7-8-26-18(2)14-20)15-24(30)28-23-6-4-21(16-27-23)29-11-9-25-10-12-29/h3-8,13-14,16,25H,9-12,15H2,1-2H3,(H,27,28,30). The smallest absolute Gasteiger partial charge is 0.229 e. The Labute approximate surface area is 177 Å². The van der Waals surface area contributed by atoms with Crippen molar-refractivity contribution >= 4 is 17.4 Å². The number of amides is 1. The maximum Gasteiger partial charge on any atom is 0.229 e. The van der Waals surface area contributed by atoms with Crippen LogP contribution in [0.4, 0.5) is 11.5 Å². The van der Waals surface area contributed by atoms with E-state index in [2.05, 4.69) is 50.6 Å². The van der Waals surface area contributed by atoms with Gasteiger partial charge in [-0.1, -0.05) is 18.2 Å². The molecule has 0 bridgehead atoms. The highest BCUT2D eigenvalue weighted by atomic mass is 16.1. The highest BCUT2D eigenvalue weighted by Crippen LogP contribution is 2.25. The molecule has 1 amide bonds. The zero-order valence-corrected chi connectivity index (χ0v) is 17.5. The molecule has 3 heterocycles. The molecule has 1 saturated heterocycles. The van der Waals surface area contributed by atoms with E-state index in [-0.39, 0.29) is 5.91 Å². The van der Waals surface area contributed by atoms with Crippen molar-refractivity contribution in [3.05, 3.63) is 71.7 Å². The lowest BCUT2D eigenvalue weighted by Gasteiger charge is -2.29. The predicted molar refractivity (Wildman–Crippen MR) is 121 cm³/mol. The van der Waals surface area contributed by atoms with Crippen LogP contribution >= 0.6 is 0 Å². The first kappa shape index (κ1) is 20.0. The number of nitrogens with zero attached hydrogens (tertiary/aromatic N) is 3. The second-order valence-electron chi connectivity index (χ2n) is 7.70. The molecule has 1 fully saturated rings. The largest absolute Gasteiger partial charge is 0.368 e. The molecule has 2 aromatic heterocycles. The summed E-state index contributed by atoms with van der Waals surface area (Å²) in [5, 5.41) is 6.25. The number of aryl methyl sites for hydroxylation is 2. The molecule has 0 radical (unpaired) electrons. The van der Waals surface area contributed by atoms with Gasteiger partial charge in [0.2, 0.25) is 5.91 Å². The van der Waals surface area contributed by atoms with Crippen LogP contribution in [-0.4, -0.2) is 42.1 Å². The first-order valence-corrected chi connectivity index (χ1v) is 10.3. The van der Waals surface area contributed by atoms with Gasteiger partial charge in [0.05, 0.1) is 18.3 Å². The second kappa shape index (κ2) is 9.05. The number of rotatable bonds is 5. The van der Waals surface area contributed by atoms with Gasteiger partial charge in [-0.15, -0.1) is 0 Å². The molecule has 6 heteroatoms. The number of anilines is 2. The SMILES string of the molecule is Cc1cc(-c2ccc(CC(=O)Nc3ccc(N4CCNCC4)cn3)cc2C)ccn1. The van der Waals surface area contributed by atoms with Crippen molar-refractivity contribution in [2.24, 2.45) is 0 Å². The van der Waals surface area contributed by atoms with Gasteiger partial charge in [-0.2, -0.15) is 0 Å². The Bertz CT molecular complexity index is 1030. The fraction of sp³-hybridized carbons (Fsp3) is 0.292. The summed E-state index contributed by atoms with van der Waals surface area (Å²) in [6, 6.07) is 14.1. The van der Waals surface area contributed by atoms with Gasteiger partial charge in [-0.3, -0.25) is 9.78 Å². The average molecular weight is 402 g/mol. The van der Waals surface area contributed by atoms with Gasteiger partial charge in [0.25, 0.3) is 0 Å². The minimum Gasteiger partial charge on any atom is -0.368 e. The number of pyridine rings is 2. The van der Waals surface area contributed by atoms with E-state index in [9.17, 15) is 4.79 Å². The number of hydrogen-bond donors (Lipinski definition) is 2. The number of carbonyl (C=O) groups is 1. The molecule has 154 valence electrons. The molecular weight excluding hydrogens is 374 g/mol. The van der Waals surface area contributed by atoms with Crippen molar-refractivity contribution in [1.82, 2.24) is 15.3 Å². The first-order chi connectivity index (χ1) is 14.6. The number of carbonyl (C=O) groups excluding carboxylic acids is 1. The Balaban J connectivity index is 1.38. The minimum absolute atomic E-state index is 0.0654. The van der Waals surface area contributed by atoms with Crippen molar-refractivity contribution in [3.63, 3.8) is 0 Å². The fourth-order valence-electron chi connectivity index (χ4n) is 3.82.